The van der Waals surface area contributed by atoms with E-state index in [-0.39, 0.29) is 5.91 Å². The molecule has 0 bridgehead atoms. The highest BCUT2D eigenvalue weighted by Crippen LogP contribution is 2.35. The van der Waals surface area contributed by atoms with Crippen molar-refractivity contribution in [1.29, 1.82) is 5.26 Å². The lowest BCUT2D eigenvalue weighted by Crippen LogP contribution is -2.43. The molecule has 2 aliphatic rings. The first-order valence-electron chi connectivity index (χ1n) is 7.04. The molecule has 4 nitrogen and oxygen atoms in total. The summed E-state index contributed by atoms with van der Waals surface area (Å²) in [4.78, 5) is 12.2. The second kappa shape index (κ2) is 6.19. The van der Waals surface area contributed by atoms with E-state index in [4.69, 9.17) is 4.74 Å². The fourth-order valence-corrected chi connectivity index (χ4v) is 2.90. The smallest absolute Gasteiger partial charge is 0.240 e. The van der Waals surface area contributed by atoms with Gasteiger partial charge in [-0.25, -0.2) is 0 Å². The van der Waals surface area contributed by atoms with Gasteiger partial charge >= 0.3 is 0 Å². The maximum atomic E-state index is 12.2. The molecule has 0 aromatic heterocycles. The summed E-state index contributed by atoms with van der Waals surface area (Å²) in [5.41, 5.74) is -0.747. The average Bonchev–Trinajstić information content (AvgIpc) is 2.46. The van der Waals surface area contributed by atoms with Crippen molar-refractivity contribution in [3.8, 4) is 6.07 Å². The molecule has 1 aliphatic heterocycles. The first kappa shape index (κ1) is 13.4. The van der Waals surface area contributed by atoms with Crippen molar-refractivity contribution in [2.24, 2.45) is 11.3 Å². The van der Waals surface area contributed by atoms with Gasteiger partial charge in [0.1, 0.15) is 5.41 Å². The van der Waals surface area contributed by atoms with Crippen LogP contribution >= 0.6 is 0 Å². The molecular formula is C14H22N2O2. The van der Waals surface area contributed by atoms with Crippen LogP contribution < -0.4 is 5.32 Å². The van der Waals surface area contributed by atoms with E-state index in [2.05, 4.69) is 11.4 Å². The van der Waals surface area contributed by atoms with Gasteiger partial charge < -0.3 is 10.1 Å². The van der Waals surface area contributed by atoms with E-state index in [1.165, 1.54) is 0 Å². The lowest BCUT2D eigenvalue weighted by Gasteiger charge is -2.30. The van der Waals surface area contributed by atoms with Crippen LogP contribution in [0.25, 0.3) is 0 Å². The third-order valence-electron chi connectivity index (χ3n) is 4.25. The van der Waals surface area contributed by atoms with Crippen LogP contribution in [0.5, 0.6) is 0 Å². The number of rotatable bonds is 3. The van der Waals surface area contributed by atoms with Crippen molar-refractivity contribution in [1.82, 2.24) is 5.32 Å². The first-order valence-corrected chi connectivity index (χ1v) is 7.04. The van der Waals surface area contributed by atoms with Gasteiger partial charge in [0.05, 0.1) is 6.07 Å². The second-order valence-electron chi connectivity index (χ2n) is 5.52. The van der Waals surface area contributed by atoms with Gasteiger partial charge in [0, 0.05) is 19.8 Å². The number of carbonyl (C=O) groups excluding carboxylic acids is 1. The van der Waals surface area contributed by atoms with Crippen molar-refractivity contribution in [3.63, 3.8) is 0 Å². The molecule has 0 aromatic carbocycles. The fourth-order valence-electron chi connectivity index (χ4n) is 2.90. The molecule has 1 saturated heterocycles. The first-order chi connectivity index (χ1) is 8.77. The predicted octanol–water partition coefficient (Wildman–Crippen LogP) is 2.00. The summed E-state index contributed by atoms with van der Waals surface area (Å²) in [6, 6.07) is 2.27. The number of nitrogens with zero attached hydrogens (tertiary/aromatic N) is 1. The van der Waals surface area contributed by atoms with Gasteiger partial charge in [0.15, 0.2) is 0 Å². The molecule has 0 atom stereocenters. The van der Waals surface area contributed by atoms with Gasteiger partial charge in [-0.05, 0) is 31.6 Å². The summed E-state index contributed by atoms with van der Waals surface area (Å²) in [7, 11) is 0. The summed E-state index contributed by atoms with van der Waals surface area (Å²) >= 11 is 0. The van der Waals surface area contributed by atoms with Crippen molar-refractivity contribution in [2.45, 2.75) is 44.9 Å². The maximum absolute atomic E-state index is 12.2. The van der Waals surface area contributed by atoms with Crippen LogP contribution in [0, 0.1) is 22.7 Å². The third-order valence-corrected chi connectivity index (χ3v) is 4.25. The lowest BCUT2D eigenvalue weighted by atomic mass is 9.74. The number of ether oxygens (including phenoxy) is 1. The molecule has 1 N–H and O–H groups in total. The zero-order chi connectivity index (χ0) is 12.8. The molecule has 2 fully saturated rings. The zero-order valence-corrected chi connectivity index (χ0v) is 10.9. The van der Waals surface area contributed by atoms with E-state index in [0.717, 1.165) is 58.2 Å². The predicted molar refractivity (Wildman–Crippen MR) is 67.7 cm³/mol. The SMILES string of the molecule is N#CC1(C(=O)NCC2CCOCC2)CCCCC1. The summed E-state index contributed by atoms with van der Waals surface area (Å²) in [6.07, 6.45) is 6.62. The minimum atomic E-state index is -0.747. The molecule has 0 radical (unpaired) electrons. The van der Waals surface area contributed by atoms with Crippen LogP contribution in [-0.2, 0) is 9.53 Å². The van der Waals surface area contributed by atoms with Crippen LogP contribution in [0.15, 0.2) is 0 Å². The molecule has 0 unspecified atom stereocenters. The summed E-state index contributed by atoms with van der Waals surface area (Å²) in [6.45, 7) is 2.29. The molecular weight excluding hydrogens is 228 g/mol. The summed E-state index contributed by atoms with van der Waals surface area (Å²) < 4.78 is 5.30. The summed E-state index contributed by atoms with van der Waals surface area (Å²) in [5.74, 6) is 0.471. The van der Waals surface area contributed by atoms with Crippen LogP contribution in [0.1, 0.15) is 44.9 Å². The normalized spacial score (nSPS) is 24.2. The number of carbonyl (C=O) groups is 1. The highest BCUT2D eigenvalue weighted by Gasteiger charge is 2.39. The highest BCUT2D eigenvalue weighted by molar-refractivity contribution is 5.85. The Kier molecular flexibility index (Phi) is 4.60. The Hall–Kier alpha value is -1.08. The van der Waals surface area contributed by atoms with E-state index in [1.807, 2.05) is 0 Å². The molecule has 1 amide bonds. The minimum absolute atomic E-state index is 0.0452. The monoisotopic (exact) mass is 250 g/mol. The van der Waals surface area contributed by atoms with Gasteiger partial charge in [-0.1, -0.05) is 19.3 Å². The summed E-state index contributed by atoms with van der Waals surface area (Å²) in [5, 5.41) is 12.3. The van der Waals surface area contributed by atoms with Crippen molar-refractivity contribution >= 4 is 5.91 Å². The number of amides is 1. The zero-order valence-electron chi connectivity index (χ0n) is 10.9. The van der Waals surface area contributed by atoms with Gasteiger partial charge in [0.25, 0.3) is 0 Å². The Morgan fingerprint density at radius 1 is 1.28 bits per heavy atom. The Morgan fingerprint density at radius 2 is 1.94 bits per heavy atom. The molecule has 0 spiro atoms. The number of nitriles is 1. The Balaban J connectivity index is 1.84. The number of hydrogen-bond donors (Lipinski definition) is 1. The number of hydrogen-bond acceptors (Lipinski definition) is 3. The Labute approximate surface area is 109 Å². The average molecular weight is 250 g/mol. The van der Waals surface area contributed by atoms with Crippen LogP contribution in [0.4, 0.5) is 0 Å². The van der Waals surface area contributed by atoms with E-state index in [1.54, 1.807) is 0 Å². The largest absolute Gasteiger partial charge is 0.381 e. The lowest BCUT2D eigenvalue weighted by molar-refractivity contribution is -0.129. The van der Waals surface area contributed by atoms with Crippen molar-refractivity contribution in [3.05, 3.63) is 0 Å². The highest BCUT2D eigenvalue weighted by atomic mass is 16.5. The van der Waals surface area contributed by atoms with E-state index >= 15 is 0 Å². The van der Waals surface area contributed by atoms with E-state index < -0.39 is 5.41 Å². The fraction of sp³-hybridized carbons (Fsp3) is 0.857. The van der Waals surface area contributed by atoms with Crippen molar-refractivity contribution in [2.75, 3.05) is 19.8 Å². The number of nitrogens with one attached hydrogen (secondary N) is 1. The van der Waals surface area contributed by atoms with Gasteiger partial charge in [-0.15, -0.1) is 0 Å². The van der Waals surface area contributed by atoms with Gasteiger partial charge in [-0.2, -0.15) is 5.26 Å². The van der Waals surface area contributed by atoms with E-state index in [0.29, 0.717) is 12.5 Å². The minimum Gasteiger partial charge on any atom is -0.381 e. The van der Waals surface area contributed by atoms with Crippen LogP contribution in [0.2, 0.25) is 0 Å². The molecule has 18 heavy (non-hydrogen) atoms. The molecule has 4 heteroatoms. The quantitative estimate of drug-likeness (QED) is 0.833. The van der Waals surface area contributed by atoms with Crippen LogP contribution in [-0.4, -0.2) is 25.7 Å². The van der Waals surface area contributed by atoms with E-state index in [9.17, 15) is 10.1 Å². The van der Waals surface area contributed by atoms with Gasteiger partial charge in [-0.3, -0.25) is 4.79 Å². The standard InChI is InChI=1S/C14H22N2O2/c15-11-14(6-2-1-3-7-14)13(17)16-10-12-4-8-18-9-5-12/h12H,1-10H2,(H,16,17). The molecule has 1 aliphatic carbocycles. The second-order valence-corrected chi connectivity index (χ2v) is 5.52. The van der Waals surface area contributed by atoms with Crippen LogP contribution in [0.3, 0.4) is 0 Å². The van der Waals surface area contributed by atoms with Gasteiger partial charge in [0.2, 0.25) is 5.91 Å². The maximum Gasteiger partial charge on any atom is 0.240 e. The molecule has 1 saturated carbocycles. The molecule has 0 aromatic rings. The molecule has 2 rings (SSSR count). The molecule has 100 valence electrons. The topological polar surface area (TPSA) is 62.1 Å². The van der Waals surface area contributed by atoms with Crippen molar-refractivity contribution < 1.29 is 9.53 Å². The third kappa shape index (κ3) is 3.02. The molecule has 1 heterocycles. The Morgan fingerprint density at radius 3 is 2.56 bits per heavy atom. The Bertz CT molecular complexity index is 323.